The molecule has 0 saturated carbocycles. The van der Waals surface area contributed by atoms with Crippen LogP contribution in [0.1, 0.15) is 32.8 Å². The van der Waals surface area contributed by atoms with Crippen molar-refractivity contribution in [2.75, 3.05) is 19.8 Å². The van der Waals surface area contributed by atoms with E-state index in [2.05, 4.69) is 13.8 Å². The first kappa shape index (κ1) is 13.7. The van der Waals surface area contributed by atoms with Gasteiger partial charge in [-0.25, -0.2) is 4.79 Å². The summed E-state index contributed by atoms with van der Waals surface area (Å²) in [5.74, 6) is 1.11. The molecule has 0 fully saturated rings. The van der Waals surface area contributed by atoms with Crippen molar-refractivity contribution in [3.8, 4) is 11.5 Å². The Labute approximate surface area is 113 Å². The number of carbonyl (C=O) groups is 1. The van der Waals surface area contributed by atoms with Gasteiger partial charge in [-0.2, -0.15) is 0 Å². The highest BCUT2D eigenvalue weighted by Gasteiger charge is 2.28. The number of benzene rings is 1. The molecule has 0 atom stereocenters. The fourth-order valence-corrected chi connectivity index (χ4v) is 2.17. The Kier molecular flexibility index (Phi) is 3.98. The Bertz CT molecular complexity index is 465. The third-order valence-electron chi connectivity index (χ3n) is 3.33. The topological polar surface area (TPSA) is 44.8 Å². The van der Waals surface area contributed by atoms with Gasteiger partial charge in [0.1, 0.15) is 11.5 Å². The first-order valence-corrected chi connectivity index (χ1v) is 6.58. The summed E-state index contributed by atoms with van der Waals surface area (Å²) in [5, 5.41) is 0. The molecule has 1 aliphatic heterocycles. The molecule has 4 nitrogen and oxygen atoms in total. The zero-order chi connectivity index (χ0) is 13.9. The summed E-state index contributed by atoms with van der Waals surface area (Å²) in [6.07, 6.45) is 1.00. The molecule has 104 valence electrons. The number of carbonyl (C=O) groups excluding carboxylic acids is 1. The van der Waals surface area contributed by atoms with E-state index in [1.54, 1.807) is 6.92 Å². The van der Waals surface area contributed by atoms with E-state index in [0.717, 1.165) is 12.2 Å². The molecule has 0 N–H and O–H groups in total. The van der Waals surface area contributed by atoms with Gasteiger partial charge >= 0.3 is 5.97 Å². The van der Waals surface area contributed by atoms with Crippen molar-refractivity contribution in [3.05, 3.63) is 23.8 Å². The normalized spacial score (nSPS) is 16.2. The van der Waals surface area contributed by atoms with Gasteiger partial charge in [-0.05, 0) is 24.8 Å². The van der Waals surface area contributed by atoms with Crippen molar-refractivity contribution in [2.24, 2.45) is 0 Å². The van der Waals surface area contributed by atoms with Crippen LogP contribution in [0.2, 0.25) is 0 Å². The predicted octanol–water partition coefficient (Wildman–Crippen LogP) is 2.69. The van der Waals surface area contributed by atoms with Crippen molar-refractivity contribution in [1.82, 2.24) is 0 Å². The van der Waals surface area contributed by atoms with Crippen LogP contribution >= 0.6 is 0 Å². The van der Waals surface area contributed by atoms with Gasteiger partial charge in [-0.3, -0.25) is 0 Å². The first-order valence-electron chi connectivity index (χ1n) is 6.58. The van der Waals surface area contributed by atoms with E-state index in [1.165, 1.54) is 5.56 Å². The molecule has 19 heavy (non-hydrogen) atoms. The van der Waals surface area contributed by atoms with Gasteiger partial charge in [-0.15, -0.1) is 0 Å². The van der Waals surface area contributed by atoms with Gasteiger partial charge in [0.15, 0.2) is 6.61 Å². The molecule has 0 spiro atoms. The van der Waals surface area contributed by atoms with Crippen LogP contribution in [0.3, 0.4) is 0 Å². The van der Waals surface area contributed by atoms with Crippen LogP contribution in [0.15, 0.2) is 18.2 Å². The van der Waals surface area contributed by atoms with E-state index >= 15 is 0 Å². The molecule has 0 aromatic heterocycles. The molecule has 0 unspecified atom stereocenters. The highest BCUT2D eigenvalue weighted by atomic mass is 16.6. The summed E-state index contributed by atoms with van der Waals surface area (Å²) in [7, 11) is 0. The maximum atomic E-state index is 11.2. The van der Waals surface area contributed by atoms with E-state index in [4.69, 9.17) is 14.2 Å². The van der Waals surface area contributed by atoms with Crippen LogP contribution in [-0.2, 0) is 14.9 Å². The second kappa shape index (κ2) is 5.51. The maximum absolute atomic E-state index is 11.2. The Morgan fingerprint density at radius 2 is 2.21 bits per heavy atom. The lowest BCUT2D eigenvalue weighted by Gasteiger charge is -2.32. The molecular weight excluding hydrogens is 244 g/mol. The highest BCUT2D eigenvalue weighted by Crippen LogP contribution is 2.39. The van der Waals surface area contributed by atoms with E-state index in [0.29, 0.717) is 19.0 Å². The average Bonchev–Trinajstić information content (AvgIpc) is 2.36. The van der Waals surface area contributed by atoms with Crippen LogP contribution in [0.5, 0.6) is 11.5 Å². The molecule has 1 heterocycles. The SMILES string of the molecule is CCOC(=O)COc1ccc2c(c1)OCCC2(C)C. The monoisotopic (exact) mass is 264 g/mol. The molecule has 1 aliphatic rings. The van der Waals surface area contributed by atoms with Gasteiger partial charge < -0.3 is 14.2 Å². The number of hydrogen-bond acceptors (Lipinski definition) is 4. The van der Waals surface area contributed by atoms with Gasteiger partial charge in [0.2, 0.25) is 0 Å². The van der Waals surface area contributed by atoms with Crippen LogP contribution in [0.4, 0.5) is 0 Å². The second-order valence-electron chi connectivity index (χ2n) is 5.23. The van der Waals surface area contributed by atoms with E-state index in [9.17, 15) is 4.79 Å². The zero-order valence-electron chi connectivity index (χ0n) is 11.7. The third-order valence-corrected chi connectivity index (χ3v) is 3.33. The lowest BCUT2D eigenvalue weighted by atomic mass is 9.80. The van der Waals surface area contributed by atoms with Crippen LogP contribution in [0, 0.1) is 0 Å². The van der Waals surface area contributed by atoms with E-state index in [1.807, 2.05) is 18.2 Å². The molecule has 0 radical (unpaired) electrons. The van der Waals surface area contributed by atoms with Crippen molar-refractivity contribution < 1.29 is 19.0 Å². The average molecular weight is 264 g/mol. The highest BCUT2D eigenvalue weighted by molar-refractivity contribution is 5.71. The van der Waals surface area contributed by atoms with Crippen LogP contribution < -0.4 is 9.47 Å². The number of hydrogen-bond donors (Lipinski definition) is 0. The second-order valence-corrected chi connectivity index (χ2v) is 5.23. The summed E-state index contributed by atoms with van der Waals surface area (Å²) in [5.41, 5.74) is 1.30. The lowest BCUT2D eigenvalue weighted by molar-refractivity contribution is -0.145. The molecule has 0 amide bonds. The van der Waals surface area contributed by atoms with Crippen molar-refractivity contribution in [1.29, 1.82) is 0 Å². The molecule has 0 bridgehead atoms. The van der Waals surface area contributed by atoms with Gasteiger partial charge in [-0.1, -0.05) is 19.9 Å². The van der Waals surface area contributed by atoms with Gasteiger partial charge in [0.05, 0.1) is 13.2 Å². The Morgan fingerprint density at radius 3 is 2.95 bits per heavy atom. The number of rotatable bonds is 4. The van der Waals surface area contributed by atoms with Crippen molar-refractivity contribution >= 4 is 5.97 Å². The smallest absolute Gasteiger partial charge is 0.344 e. The summed E-state index contributed by atoms with van der Waals surface area (Å²) in [4.78, 5) is 11.2. The lowest BCUT2D eigenvalue weighted by Crippen LogP contribution is -2.26. The molecular formula is C15H20O4. The van der Waals surface area contributed by atoms with E-state index < -0.39 is 0 Å². The minimum Gasteiger partial charge on any atom is -0.493 e. The number of esters is 1. The zero-order valence-corrected chi connectivity index (χ0v) is 11.7. The van der Waals surface area contributed by atoms with Crippen molar-refractivity contribution in [2.45, 2.75) is 32.6 Å². The van der Waals surface area contributed by atoms with E-state index in [-0.39, 0.29) is 18.0 Å². The van der Waals surface area contributed by atoms with Crippen molar-refractivity contribution in [3.63, 3.8) is 0 Å². The van der Waals surface area contributed by atoms with Gasteiger partial charge in [0.25, 0.3) is 0 Å². The standard InChI is InChI=1S/C15H20O4/c1-4-17-14(16)10-19-11-5-6-12-13(9-11)18-8-7-15(12,2)3/h5-6,9H,4,7-8,10H2,1-3H3. The Hall–Kier alpha value is -1.71. The molecule has 1 aromatic rings. The van der Waals surface area contributed by atoms with Crippen LogP contribution in [-0.4, -0.2) is 25.8 Å². The van der Waals surface area contributed by atoms with Crippen LogP contribution in [0.25, 0.3) is 0 Å². The quantitative estimate of drug-likeness (QED) is 0.784. The minimum atomic E-state index is -0.360. The molecule has 1 aromatic carbocycles. The molecule has 2 rings (SSSR count). The summed E-state index contributed by atoms with van der Waals surface area (Å²) >= 11 is 0. The number of fused-ring (bicyclic) bond motifs is 1. The third kappa shape index (κ3) is 3.19. The minimum absolute atomic E-state index is 0.0734. The Balaban J connectivity index is 2.07. The predicted molar refractivity (Wildman–Crippen MR) is 71.7 cm³/mol. The first-order chi connectivity index (χ1) is 9.03. The number of ether oxygens (including phenoxy) is 3. The molecule has 4 heteroatoms. The fourth-order valence-electron chi connectivity index (χ4n) is 2.17. The van der Waals surface area contributed by atoms with Gasteiger partial charge in [0, 0.05) is 11.6 Å². The summed E-state index contributed by atoms with van der Waals surface area (Å²) in [6.45, 7) is 7.18. The molecule has 0 aliphatic carbocycles. The fraction of sp³-hybridized carbons (Fsp3) is 0.533. The maximum Gasteiger partial charge on any atom is 0.344 e. The molecule has 0 saturated heterocycles. The largest absolute Gasteiger partial charge is 0.493 e. The Morgan fingerprint density at radius 1 is 1.42 bits per heavy atom. The summed E-state index contributed by atoms with van der Waals surface area (Å²) in [6, 6.07) is 5.72. The summed E-state index contributed by atoms with van der Waals surface area (Å²) < 4.78 is 15.9.